The van der Waals surface area contributed by atoms with Crippen LogP contribution in [0.15, 0.2) is 24.3 Å². The zero-order chi connectivity index (χ0) is 11.5. The van der Waals surface area contributed by atoms with Crippen molar-refractivity contribution in [1.82, 2.24) is 0 Å². The first kappa shape index (κ1) is 11.3. The first-order chi connectivity index (χ1) is 7.66. The van der Waals surface area contributed by atoms with Crippen LogP contribution in [0.4, 0.5) is 5.69 Å². The van der Waals surface area contributed by atoms with Gasteiger partial charge in [-0.2, -0.15) is 0 Å². The summed E-state index contributed by atoms with van der Waals surface area (Å²) in [5, 5.41) is 9.62. The van der Waals surface area contributed by atoms with Crippen LogP contribution in [0.3, 0.4) is 0 Å². The highest BCUT2D eigenvalue weighted by Crippen LogP contribution is 2.24. The summed E-state index contributed by atoms with van der Waals surface area (Å²) in [5.41, 5.74) is 1.12. The predicted octanol–water partition coefficient (Wildman–Crippen LogP) is 2.64. The van der Waals surface area contributed by atoms with E-state index < -0.39 is 5.97 Å². The van der Waals surface area contributed by atoms with Crippen molar-refractivity contribution in [3.8, 4) is 0 Å². The molecule has 3 nitrogen and oxygen atoms in total. The van der Waals surface area contributed by atoms with Gasteiger partial charge in [-0.05, 0) is 37.1 Å². The number of benzene rings is 1. The van der Waals surface area contributed by atoms with Gasteiger partial charge in [-0.25, -0.2) is 0 Å². The van der Waals surface area contributed by atoms with Gasteiger partial charge in [0.15, 0.2) is 0 Å². The van der Waals surface area contributed by atoms with Crippen molar-refractivity contribution in [1.29, 1.82) is 0 Å². The van der Waals surface area contributed by atoms with E-state index >= 15 is 0 Å². The Labute approximate surface area is 99.6 Å². The van der Waals surface area contributed by atoms with E-state index in [2.05, 4.69) is 4.90 Å². The number of rotatable bonds is 2. The fourth-order valence-electron chi connectivity index (χ4n) is 2.04. The lowest BCUT2D eigenvalue weighted by atomic mass is 9.97. The number of piperidine rings is 1. The third-order valence-corrected chi connectivity index (χ3v) is 3.29. The minimum atomic E-state index is -0.671. The molecule has 0 spiro atoms. The lowest BCUT2D eigenvalue weighted by Gasteiger charge is -2.31. The summed E-state index contributed by atoms with van der Waals surface area (Å²) in [5.74, 6) is -0.848. The second-order valence-electron chi connectivity index (χ2n) is 4.08. The van der Waals surface area contributed by atoms with Crippen molar-refractivity contribution in [2.45, 2.75) is 12.8 Å². The lowest BCUT2D eigenvalue weighted by Crippen LogP contribution is -2.36. The van der Waals surface area contributed by atoms with Crippen molar-refractivity contribution < 1.29 is 9.90 Å². The number of carbonyl (C=O) groups is 1. The van der Waals surface area contributed by atoms with Gasteiger partial charge in [0.2, 0.25) is 0 Å². The van der Waals surface area contributed by atoms with E-state index in [0.717, 1.165) is 36.6 Å². The number of aliphatic carboxylic acids is 1. The lowest BCUT2D eigenvalue weighted by molar-refractivity contribution is -0.142. The van der Waals surface area contributed by atoms with Crippen LogP contribution in [-0.4, -0.2) is 24.2 Å². The number of carboxylic acid groups (broad SMARTS) is 1. The van der Waals surface area contributed by atoms with Gasteiger partial charge in [-0.3, -0.25) is 4.79 Å². The maximum atomic E-state index is 10.8. The van der Waals surface area contributed by atoms with Crippen molar-refractivity contribution in [2.75, 3.05) is 18.0 Å². The van der Waals surface area contributed by atoms with Gasteiger partial charge in [-0.1, -0.05) is 11.6 Å². The number of hydrogen-bond acceptors (Lipinski definition) is 2. The number of anilines is 1. The molecule has 1 aromatic carbocycles. The largest absolute Gasteiger partial charge is 0.481 e. The average Bonchev–Trinajstić information content (AvgIpc) is 2.30. The van der Waals surface area contributed by atoms with Crippen LogP contribution in [0.2, 0.25) is 5.02 Å². The molecule has 0 bridgehead atoms. The SMILES string of the molecule is O=C(O)C1CCN(c2ccc(Cl)cc2)CC1. The highest BCUT2D eigenvalue weighted by Gasteiger charge is 2.24. The minimum Gasteiger partial charge on any atom is -0.481 e. The van der Waals surface area contributed by atoms with Gasteiger partial charge in [0, 0.05) is 23.8 Å². The molecule has 0 radical (unpaired) electrons. The first-order valence-corrected chi connectivity index (χ1v) is 5.78. The molecule has 1 aliphatic heterocycles. The molecule has 1 fully saturated rings. The smallest absolute Gasteiger partial charge is 0.306 e. The fraction of sp³-hybridized carbons (Fsp3) is 0.417. The summed E-state index contributed by atoms with van der Waals surface area (Å²) in [4.78, 5) is 13.0. The maximum absolute atomic E-state index is 10.8. The quantitative estimate of drug-likeness (QED) is 0.863. The van der Waals surface area contributed by atoms with E-state index in [1.54, 1.807) is 0 Å². The summed E-state index contributed by atoms with van der Waals surface area (Å²) in [6.45, 7) is 1.61. The summed E-state index contributed by atoms with van der Waals surface area (Å²) < 4.78 is 0. The molecule has 86 valence electrons. The summed E-state index contributed by atoms with van der Waals surface area (Å²) in [6, 6.07) is 7.67. The van der Waals surface area contributed by atoms with E-state index in [9.17, 15) is 4.79 Å². The standard InChI is InChI=1S/C12H14ClNO2/c13-10-1-3-11(4-2-10)14-7-5-9(6-8-14)12(15)16/h1-4,9H,5-8H2,(H,15,16). The van der Waals surface area contributed by atoms with Crippen molar-refractivity contribution in [3.05, 3.63) is 29.3 Å². The molecule has 1 saturated heterocycles. The number of halogens is 1. The molecule has 0 aliphatic carbocycles. The van der Waals surface area contributed by atoms with E-state index in [4.69, 9.17) is 16.7 Å². The molecule has 0 saturated carbocycles. The summed E-state index contributed by atoms with van der Waals surface area (Å²) in [7, 11) is 0. The molecule has 1 aromatic rings. The molecular weight excluding hydrogens is 226 g/mol. The average molecular weight is 240 g/mol. The third-order valence-electron chi connectivity index (χ3n) is 3.04. The molecule has 1 heterocycles. The number of carboxylic acids is 1. The summed E-state index contributed by atoms with van der Waals surface area (Å²) in [6.07, 6.45) is 1.44. The van der Waals surface area contributed by atoms with Crippen molar-refractivity contribution in [2.24, 2.45) is 5.92 Å². The molecule has 2 rings (SSSR count). The van der Waals surface area contributed by atoms with Crippen molar-refractivity contribution >= 4 is 23.3 Å². The predicted molar refractivity (Wildman–Crippen MR) is 64.0 cm³/mol. The number of hydrogen-bond donors (Lipinski definition) is 1. The Kier molecular flexibility index (Phi) is 3.34. The van der Waals surface area contributed by atoms with Crippen LogP contribution in [0.25, 0.3) is 0 Å². The Morgan fingerprint density at radius 3 is 2.31 bits per heavy atom. The van der Waals surface area contributed by atoms with Gasteiger partial charge < -0.3 is 10.0 Å². The zero-order valence-electron chi connectivity index (χ0n) is 8.90. The Morgan fingerprint density at radius 2 is 1.81 bits per heavy atom. The van der Waals surface area contributed by atoms with Gasteiger partial charge in [0.25, 0.3) is 0 Å². The van der Waals surface area contributed by atoms with Gasteiger partial charge in [-0.15, -0.1) is 0 Å². The first-order valence-electron chi connectivity index (χ1n) is 5.40. The Morgan fingerprint density at radius 1 is 1.25 bits per heavy atom. The second-order valence-corrected chi connectivity index (χ2v) is 4.51. The molecule has 0 aromatic heterocycles. The molecule has 0 unspecified atom stereocenters. The Balaban J connectivity index is 1.99. The Bertz CT molecular complexity index is 369. The fourth-order valence-corrected chi connectivity index (χ4v) is 2.16. The van der Waals surface area contributed by atoms with Gasteiger partial charge in [0.05, 0.1) is 5.92 Å². The van der Waals surface area contributed by atoms with Gasteiger partial charge in [0.1, 0.15) is 0 Å². The summed E-state index contributed by atoms with van der Waals surface area (Å²) >= 11 is 5.82. The monoisotopic (exact) mass is 239 g/mol. The third kappa shape index (κ3) is 2.47. The van der Waals surface area contributed by atoms with Crippen LogP contribution < -0.4 is 4.90 Å². The molecule has 16 heavy (non-hydrogen) atoms. The van der Waals surface area contributed by atoms with Crippen LogP contribution in [0.5, 0.6) is 0 Å². The maximum Gasteiger partial charge on any atom is 0.306 e. The highest BCUT2D eigenvalue weighted by atomic mass is 35.5. The second kappa shape index (κ2) is 4.74. The van der Waals surface area contributed by atoms with E-state index in [0.29, 0.717) is 0 Å². The van der Waals surface area contributed by atoms with Crippen LogP contribution in [0.1, 0.15) is 12.8 Å². The topological polar surface area (TPSA) is 40.5 Å². The number of nitrogens with zero attached hydrogens (tertiary/aromatic N) is 1. The van der Waals surface area contributed by atoms with Gasteiger partial charge >= 0.3 is 5.97 Å². The van der Waals surface area contributed by atoms with E-state index in [1.807, 2.05) is 24.3 Å². The van der Waals surface area contributed by atoms with E-state index in [-0.39, 0.29) is 5.92 Å². The molecule has 0 amide bonds. The molecular formula is C12H14ClNO2. The minimum absolute atomic E-state index is 0.177. The molecule has 1 aliphatic rings. The normalized spacial score (nSPS) is 17.4. The van der Waals surface area contributed by atoms with Crippen LogP contribution >= 0.6 is 11.6 Å². The Hall–Kier alpha value is -1.22. The van der Waals surface area contributed by atoms with Crippen LogP contribution in [0, 0.1) is 5.92 Å². The molecule has 4 heteroatoms. The molecule has 1 N–H and O–H groups in total. The van der Waals surface area contributed by atoms with Crippen LogP contribution in [-0.2, 0) is 4.79 Å². The van der Waals surface area contributed by atoms with Crippen molar-refractivity contribution in [3.63, 3.8) is 0 Å². The highest BCUT2D eigenvalue weighted by molar-refractivity contribution is 6.30. The molecule has 0 atom stereocenters. The zero-order valence-corrected chi connectivity index (χ0v) is 9.65. The van der Waals surface area contributed by atoms with E-state index in [1.165, 1.54) is 0 Å².